The maximum Gasteiger partial charge on any atom is 0.220 e. The Morgan fingerprint density at radius 1 is 0.929 bits per heavy atom. The van der Waals surface area contributed by atoms with Crippen molar-refractivity contribution in [3.8, 4) is 0 Å². The molecule has 0 aromatic heterocycles. The van der Waals surface area contributed by atoms with Crippen molar-refractivity contribution in [3.05, 3.63) is 35.9 Å². The van der Waals surface area contributed by atoms with E-state index in [2.05, 4.69) is 35.6 Å². The lowest BCUT2D eigenvalue weighted by atomic mass is 10.0. The second-order valence-electron chi connectivity index (χ2n) is 8.77. The number of unbranched alkanes of at least 4 members (excludes halogenated alkanes) is 6. The highest BCUT2D eigenvalue weighted by Crippen LogP contribution is 2.11. The number of aliphatic carboxylic acids is 1. The maximum atomic E-state index is 12.1. The fourth-order valence-corrected chi connectivity index (χ4v) is 3.47. The zero-order valence-electron chi connectivity index (χ0n) is 17.9. The van der Waals surface area contributed by atoms with E-state index in [4.69, 9.17) is 0 Å². The van der Waals surface area contributed by atoms with E-state index in [0.29, 0.717) is 17.4 Å². The molecular weight excluding hydrogens is 352 g/mol. The lowest BCUT2D eigenvalue weighted by Gasteiger charge is -2.30. The van der Waals surface area contributed by atoms with Crippen LogP contribution in [0.3, 0.4) is 0 Å². The third-order valence-electron chi connectivity index (χ3n) is 4.76. The van der Waals surface area contributed by atoms with E-state index >= 15 is 0 Å². The Labute approximate surface area is 170 Å². The van der Waals surface area contributed by atoms with Gasteiger partial charge >= 0.3 is 0 Å². The molecule has 0 heterocycles. The van der Waals surface area contributed by atoms with Gasteiger partial charge < -0.3 is 19.7 Å². The fraction of sp³-hybridized carbons (Fsp3) is 0.652. The van der Waals surface area contributed by atoms with Gasteiger partial charge in [0.15, 0.2) is 0 Å². The van der Waals surface area contributed by atoms with E-state index in [1.807, 2.05) is 21.1 Å². The highest BCUT2D eigenvalue weighted by Gasteiger charge is 2.20. The van der Waals surface area contributed by atoms with Crippen LogP contribution in [0, 0.1) is 0 Å². The highest BCUT2D eigenvalue weighted by molar-refractivity contribution is 5.77. The fourth-order valence-electron chi connectivity index (χ4n) is 3.47. The molecule has 1 rings (SSSR count). The number of likely N-dealkylation sites (N-methyl/N-ethyl adjacent to an activating group) is 1. The molecule has 0 aliphatic rings. The van der Waals surface area contributed by atoms with Crippen molar-refractivity contribution in [2.75, 3.05) is 27.7 Å². The first-order valence-electron chi connectivity index (χ1n) is 10.6. The van der Waals surface area contributed by atoms with Crippen molar-refractivity contribution in [2.24, 2.45) is 0 Å². The highest BCUT2D eigenvalue weighted by atomic mass is 16.4. The van der Waals surface area contributed by atoms with Gasteiger partial charge in [0.1, 0.15) is 0 Å². The van der Waals surface area contributed by atoms with Gasteiger partial charge in [-0.05, 0) is 24.8 Å². The molecule has 28 heavy (non-hydrogen) atoms. The van der Waals surface area contributed by atoms with Crippen molar-refractivity contribution in [2.45, 2.75) is 70.3 Å². The summed E-state index contributed by atoms with van der Waals surface area (Å²) in [6.45, 7) is 0.572. The van der Waals surface area contributed by atoms with E-state index in [0.717, 1.165) is 25.7 Å². The summed E-state index contributed by atoms with van der Waals surface area (Å²) in [6.07, 6.45) is 9.50. The van der Waals surface area contributed by atoms with Gasteiger partial charge in [-0.1, -0.05) is 62.4 Å². The number of hydrogen-bond donors (Lipinski definition) is 1. The van der Waals surface area contributed by atoms with Crippen LogP contribution in [0.25, 0.3) is 0 Å². The van der Waals surface area contributed by atoms with E-state index in [9.17, 15) is 14.7 Å². The first kappa shape index (κ1) is 24.2. The molecule has 0 aliphatic heterocycles. The molecule has 0 radical (unpaired) electrons. The van der Waals surface area contributed by atoms with Crippen LogP contribution < -0.4 is 10.4 Å². The molecule has 0 spiro atoms. The predicted molar refractivity (Wildman–Crippen MR) is 112 cm³/mol. The van der Waals surface area contributed by atoms with Crippen molar-refractivity contribution in [1.82, 2.24) is 5.32 Å². The number of carboxylic acids is 1. The summed E-state index contributed by atoms with van der Waals surface area (Å²) in [5.41, 5.74) is 1.41. The Bertz CT molecular complexity index is 567. The number of carbonyl (C=O) groups excluding carboxylic acids is 2. The third-order valence-corrected chi connectivity index (χ3v) is 4.76. The monoisotopic (exact) mass is 390 g/mol. The first-order chi connectivity index (χ1) is 13.3. The Kier molecular flexibility index (Phi) is 11.5. The number of hydrogen-bond acceptors (Lipinski definition) is 3. The molecule has 1 atom stereocenters. The minimum atomic E-state index is -1.12. The summed E-state index contributed by atoms with van der Waals surface area (Å²) in [6, 6.07) is 10.2. The van der Waals surface area contributed by atoms with Gasteiger partial charge in [0, 0.05) is 18.8 Å². The van der Waals surface area contributed by atoms with Gasteiger partial charge in [-0.15, -0.1) is 0 Å². The van der Waals surface area contributed by atoms with Crippen LogP contribution >= 0.6 is 0 Å². The topological polar surface area (TPSA) is 69.2 Å². The molecule has 5 heteroatoms. The van der Waals surface area contributed by atoms with Crippen LogP contribution in [0.2, 0.25) is 0 Å². The number of quaternary nitrogens is 1. The van der Waals surface area contributed by atoms with Gasteiger partial charge in [-0.3, -0.25) is 4.79 Å². The first-order valence-corrected chi connectivity index (χ1v) is 10.6. The molecule has 1 aromatic rings. The minimum absolute atomic E-state index is 0.0532. The molecule has 1 amide bonds. The number of carboxylic acid groups (broad SMARTS) is 1. The average Bonchev–Trinajstić information content (AvgIpc) is 2.59. The van der Waals surface area contributed by atoms with Crippen molar-refractivity contribution in [3.63, 3.8) is 0 Å². The Hall–Kier alpha value is -1.88. The van der Waals surface area contributed by atoms with Crippen molar-refractivity contribution in [1.29, 1.82) is 0 Å². The number of amides is 1. The van der Waals surface area contributed by atoms with Gasteiger partial charge in [-0.25, -0.2) is 0 Å². The number of nitrogens with zero attached hydrogens (tertiary/aromatic N) is 1. The lowest BCUT2D eigenvalue weighted by Crippen LogP contribution is -2.50. The molecule has 0 fully saturated rings. The molecular formula is C23H38N2O3. The minimum Gasteiger partial charge on any atom is -0.550 e. The predicted octanol–water partition coefficient (Wildman–Crippen LogP) is 2.68. The molecule has 1 N–H and O–H groups in total. The van der Waals surface area contributed by atoms with Gasteiger partial charge in [0.25, 0.3) is 0 Å². The SMILES string of the molecule is C[N+](C)(C)C[C@H](CC(=O)[O-])NC(=O)CCCCCCCCCc1ccccc1. The number of rotatable bonds is 15. The quantitative estimate of drug-likeness (QED) is 0.370. The summed E-state index contributed by atoms with van der Waals surface area (Å²) in [4.78, 5) is 23.0. The van der Waals surface area contributed by atoms with E-state index in [-0.39, 0.29) is 18.4 Å². The van der Waals surface area contributed by atoms with Crippen LogP contribution in [0.5, 0.6) is 0 Å². The van der Waals surface area contributed by atoms with Crippen LogP contribution in [-0.4, -0.2) is 50.1 Å². The summed E-state index contributed by atoms with van der Waals surface area (Å²) < 4.78 is 0.600. The summed E-state index contributed by atoms with van der Waals surface area (Å²) in [7, 11) is 5.94. The van der Waals surface area contributed by atoms with Crippen LogP contribution in [0.1, 0.15) is 63.4 Å². The second-order valence-corrected chi connectivity index (χ2v) is 8.77. The number of aryl methyl sites for hydroxylation is 1. The molecule has 1 aromatic carbocycles. The molecule has 0 aliphatic carbocycles. The molecule has 0 bridgehead atoms. The van der Waals surface area contributed by atoms with Crippen LogP contribution in [0.15, 0.2) is 30.3 Å². The summed E-state index contributed by atoms with van der Waals surface area (Å²) in [5.74, 6) is -1.17. The zero-order chi connectivity index (χ0) is 20.8. The largest absolute Gasteiger partial charge is 0.550 e. The van der Waals surface area contributed by atoms with E-state index < -0.39 is 5.97 Å². The normalized spacial score (nSPS) is 12.5. The standard InChI is InChI=1S/C23H38N2O3/c1-25(2,3)19-21(18-23(27)28)24-22(26)17-13-8-6-4-5-7-10-14-20-15-11-9-12-16-20/h9,11-12,15-16,21H,4-8,10,13-14,17-19H2,1-3H3,(H-,24,26,27,28)/t21-/m0/s1. The summed E-state index contributed by atoms with van der Waals surface area (Å²) >= 11 is 0. The summed E-state index contributed by atoms with van der Waals surface area (Å²) in [5, 5.41) is 13.8. The van der Waals surface area contributed by atoms with E-state index in [1.165, 1.54) is 31.2 Å². The maximum absolute atomic E-state index is 12.1. The molecule has 0 saturated carbocycles. The van der Waals surface area contributed by atoms with Crippen LogP contribution in [0.4, 0.5) is 0 Å². The van der Waals surface area contributed by atoms with E-state index in [1.54, 1.807) is 0 Å². The number of nitrogens with one attached hydrogen (secondary N) is 1. The zero-order valence-corrected chi connectivity index (χ0v) is 17.9. The van der Waals surface area contributed by atoms with Gasteiger partial charge in [-0.2, -0.15) is 0 Å². The Balaban J connectivity index is 2.06. The Morgan fingerprint density at radius 3 is 2.07 bits per heavy atom. The van der Waals surface area contributed by atoms with Crippen molar-refractivity contribution >= 4 is 11.9 Å². The third kappa shape index (κ3) is 13.3. The van der Waals surface area contributed by atoms with Gasteiger partial charge in [0.2, 0.25) is 5.91 Å². The number of carbonyl (C=O) groups is 2. The molecule has 5 nitrogen and oxygen atoms in total. The van der Waals surface area contributed by atoms with Gasteiger partial charge in [0.05, 0.1) is 33.7 Å². The molecule has 158 valence electrons. The smallest absolute Gasteiger partial charge is 0.220 e. The lowest BCUT2D eigenvalue weighted by molar-refractivity contribution is -0.871. The molecule has 0 saturated heterocycles. The van der Waals surface area contributed by atoms with Crippen molar-refractivity contribution < 1.29 is 19.2 Å². The number of benzene rings is 1. The second kappa shape index (κ2) is 13.3. The average molecular weight is 391 g/mol. The molecule has 0 unspecified atom stereocenters. The Morgan fingerprint density at radius 2 is 1.50 bits per heavy atom. The van der Waals surface area contributed by atoms with Crippen LogP contribution in [-0.2, 0) is 16.0 Å².